The van der Waals surface area contributed by atoms with Gasteiger partial charge in [0.05, 0.1) is 23.4 Å². The number of methoxy groups -OCH3 is 1. The van der Waals surface area contributed by atoms with Gasteiger partial charge >= 0.3 is 0 Å². The zero-order valence-electron chi connectivity index (χ0n) is 13.6. The van der Waals surface area contributed by atoms with E-state index >= 15 is 0 Å². The predicted molar refractivity (Wildman–Crippen MR) is 102 cm³/mol. The molecule has 0 amide bonds. The van der Waals surface area contributed by atoms with Crippen molar-refractivity contribution in [1.29, 1.82) is 0 Å². The first-order valence-corrected chi connectivity index (χ1v) is 8.54. The standard InChI is InChI=1S/C17H13Cl3N4O2/c1-25-16-6-11(7-23-24-9-21-22-10-24)2-5-15(16)26-8-12-13(18)3-4-14(19)17(12)20/h2-7,9-10H,8H2,1H3/b23-7+. The molecule has 3 aromatic rings. The van der Waals surface area contributed by atoms with E-state index in [4.69, 9.17) is 44.3 Å². The molecule has 0 bridgehead atoms. The quantitative estimate of drug-likeness (QED) is 0.435. The molecular formula is C17H13Cl3N4O2. The summed E-state index contributed by atoms with van der Waals surface area (Å²) in [6, 6.07) is 8.73. The van der Waals surface area contributed by atoms with Crippen molar-refractivity contribution in [3.8, 4) is 11.5 Å². The Bertz CT molecular complexity index is 930. The lowest BCUT2D eigenvalue weighted by Gasteiger charge is -2.13. The SMILES string of the molecule is COc1cc(/C=N/n2cnnc2)ccc1OCc1c(Cl)ccc(Cl)c1Cl. The topological polar surface area (TPSA) is 61.5 Å². The Hall–Kier alpha value is -2.28. The fourth-order valence-corrected chi connectivity index (χ4v) is 2.78. The van der Waals surface area contributed by atoms with Crippen LogP contribution in [0.3, 0.4) is 0 Å². The third-order valence-corrected chi connectivity index (χ3v) is 4.64. The van der Waals surface area contributed by atoms with Gasteiger partial charge in [0.25, 0.3) is 0 Å². The minimum absolute atomic E-state index is 0.155. The Morgan fingerprint density at radius 3 is 2.50 bits per heavy atom. The normalized spacial score (nSPS) is 11.1. The monoisotopic (exact) mass is 410 g/mol. The number of benzene rings is 2. The summed E-state index contributed by atoms with van der Waals surface area (Å²) in [4.78, 5) is 0. The molecule has 0 aliphatic carbocycles. The van der Waals surface area contributed by atoms with E-state index < -0.39 is 0 Å². The number of aromatic nitrogens is 3. The number of nitrogens with zero attached hydrogens (tertiary/aromatic N) is 4. The van der Waals surface area contributed by atoms with Crippen LogP contribution in [-0.4, -0.2) is 28.2 Å². The molecule has 0 N–H and O–H groups in total. The van der Waals surface area contributed by atoms with E-state index in [1.54, 1.807) is 37.6 Å². The minimum Gasteiger partial charge on any atom is -0.493 e. The number of ether oxygens (including phenoxy) is 2. The molecule has 0 aliphatic rings. The molecule has 6 nitrogen and oxygen atoms in total. The maximum atomic E-state index is 6.20. The molecule has 9 heteroatoms. The van der Waals surface area contributed by atoms with Crippen LogP contribution in [-0.2, 0) is 6.61 Å². The van der Waals surface area contributed by atoms with Gasteiger partial charge in [-0.25, -0.2) is 4.68 Å². The van der Waals surface area contributed by atoms with E-state index in [-0.39, 0.29) is 6.61 Å². The van der Waals surface area contributed by atoms with Gasteiger partial charge in [-0.3, -0.25) is 0 Å². The smallest absolute Gasteiger partial charge is 0.161 e. The van der Waals surface area contributed by atoms with Gasteiger partial charge < -0.3 is 9.47 Å². The third-order valence-electron chi connectivity index (χ3n) is 3.45. The average Bonchev–Trinajstić information content (AvgIpc) is 3.17. The zero-order valence-corrected chi connectivity index (χ0v) is 15.8. The van der Waals surface area contributed by atoms with Crippen molar-refractivity contribution in [2.75, 3.05) is 7.11 Å². The first-order chi connectivity index (χ1) is 12.6. The van der Waals surface area contributed by atoms with E-state index in [2.05, 4.69) is 15.3 Å². The number of halogens is 3. The van der Waals surface area contributed by atoms with Crippen LogP contribution in [0.25, 0.3) is 0 Å². The van der Waals surface area contributed by atoms with Crippen molar-refractivity contribution in [2.24, 2.45) is 5.10 Å². The maximum Gasteiger partial charge on any atom is 0.161 e. The second kappa shape index (κ2) is 8.40. The summed E-state index contributed by atoms with van der Waals surface area (Å²) in [7, 11) is 1.56. The molecule has 134 valence electrons. The van der Waals surface area contributed by atoms with Crippen LogP contribution in [0.2, 0.25) is 15.1 Å². The average molecular weight is 412 g/mol. The van der Waals surface area contributed by atoms with Crippen molar-refractivity contribution in [3.63, 3.8) is 0 Å². The van der Waals surface area contributed by atoms with Crippen LogP contribution in [0.1, 0.15) is 11.1 Å². The summed E-state index contributed by atoms with van der Waals surface area (Å²) in [5.41, 5.74) is 1.43. The van der Waals surface area contributed by atoms with E-state index in [0.717, 1.165) is 5.56 Å². The molecule has 1 aromatic heterocycles. The molecular weight excluding hydrogens is 399 g/mol. The van der Waals surface area contributed by atoms with Crippen LogP contribution in [0, 0.1) is 0 Å². The lowest BCUT2D eigenvalue weighted by atomic mass is 10.2. The van der Waals surface area contributed by atoms with E-state index in [9.17, 15) is 0 Å². The van der Waals surface area contributed by atoms with Crippen LogP contribution in [0.15, 0.2) is 48.1 Å². The van der Waals surface area contributed by atoms with Crippen LogP contribution < -0.4 is 9.47 Å². The summed E-state index contributed by atoms with van der Waals surface area (Å²) < 4.78 is 12.7. The molecule has 0 spiro atoms. The summed E-state index contributed by atoms with van der Waals surface area (Å²) in [6.07, 6.45) is 4.63. The lowest BCUT2D eigenvalue weighted by molar-refractivity contribution is 0.284. The largest absolute Gasteiger partial charge is 0.493 e. The molecule has 2 aromatic carbocycles. The summed E-state index contributed by atoms with van der Waals surface area (Å²) in [5, 5.41) is 12.8. The fraction of sp³-hybridized carbons (Fsp3) is 0.118. The Morgan fingerprint density at radius 1 is 1.04 bits per heavy atom. The van der Waals surface area contributed by atoms with E-state index in [1.807, 2.05) is 6.07 Å². The predicted octanol–water partition coefficient (Wildman–Crippen LogP) is 4.71. The Morgan fingerprint density at radius 2 is 1.77 bits per heavy atom. The van der Waals surface area contributed by atoms with Gasteiger partial charge in [0.2, 0.25) is 0 Å². The molecule has 0 saturated heterocycles. The second-order valence-corrected chi connectivity index (χ2v) is 6.30. The first-order valence-electron chi connectivity index (χ1n) is 7.40. The third kappa shape index (κ3) is 4.27. The molecule has 0 aliphatic heterocycles. The number of hydrogen-bond acceptors (Lipinski definition) is 5. The van der Waals surface area contributed by atoms with Gasteiger partial charge in [0.1, 0.15) is 19.3 Å². The molecule has 0 unspecified atom stereocenters. The molecule has 3 rings (SSSR count). The summed E-state index contributed by atoms with van der Waals surface area (Å²) in [5.74, 6) is 1.09. The van der Waals surface area contributed by atoms with Crippen molar-refractivity contribution < 1.29 is 9.47 Å². The Labute approximate surface area is 164 Å². The van der Waals surface area contributed by atoms with Crippen LogP contribution >= 0.6 is 34.8 Å². The van der Waals surface area contributed by atoms with Crippen molar-refractivity contribution >= 4 is 41.0 Å². The van der Waals surface area contributed by atoms with Crippen LogP contribution in [0.4, 0.5) is 0 Å². The molecule has 0 atom stereocenters. The molecule has 0 radical (unpaired) electrons. The van der Waals surface area contributed by atoms with Crippen molar-refractivity contribution in [3.05, 3.63) is 69.2 Å². The highest BCUT2D eigenvalue weighted by Gasteiger charge is 2.12. The molecule has 0 fully saturated rings. The van der Waals surface area contributed by atoms with Crippen LogP contribution in [0.5, 0.6) is 11.5 Å². The molecule has 26 heavy (non-hydrogen) atoms. The highest BCUT2D eigenvalue weighted by Crippen LogP contribution is 2.34. The zero-order chi connectivity index (χ0) is 18.5. The van der Waals surface area contributed by atoms with Crippen molar-refractivity contribution in [1.82, 2.24) is 14.9 Å². The van der Waals surface area contributed by atoms with Gasteiger partial charge in [-0.1, -0.05) is 34.8 Å². The van der Waals surface area contributed by atoms with Gasteiger partial charge in [-0.2, -0.15) is 5.10 Å². The number of rotatable bonds is 6. The van der Waals surface area contributed by atoms with Crippen molar-refractivity contribution in [2.45, 2.75) is 6.61 Å². The lowest BCUT2D eigenvalue weighted by Crippen LogP contribution is -2.00. The fourth-order valence-electron chi connectivity index (χ4n) is 2.12. The second-order valence-electron chi connectivity index (χ2n) is 5.11. The van der Waals surface area contributed by atoms with E-state index in [1.165, 1.54) is 17.3 Å². The maximum absolute atomic E-state index is 6.20. The Balaban J connectivity index is 1.77. The highest BCUT2D eigenvalue weighted by molar-refractivity contribution is 6.44. The molecule has 0 saturated carbocycles. The Kier molecular flexibility index (Phi) is 5.98. The van der Waals surface area contributed by atoms with Gasteiger partial charge in [0.15, 0.2) is 11.5 Å². The highest BCUT2D eigenvalue weighted by atomic mass is 35.5. The summed E-state index contributed by atoms with van der Waals surface area (Å²) >= 11 is 18.4. The minimum atomic E-state index is 0.155. The number of hydrogen-bond donors (Lipinski definition) is 0. The van der Waals surface area contributed by atoms with E-state index in [0.29, 0.717) is 32.1 Å². The van der Waals surface area contributed by atoms with Gasteiger partial charge in [0, 0.05) is 10.6 Å². The van der Waals surface area contributed by atoms with Gasteiger partial charge in [-0.05, 0) is 35.9 Å². The van der Waals surface area contributed by atoms with Gasteiger partial charge in [-0.15, -0.1) is 10.2 Å². The molecule has 1 heterocycles. The first kappa shape index (κ1) is 18.5. The summed E-state index contributed by atoms with van der Waals surface area (Å²) in [6.45, 7) is 0.155.